The molecule has 0 heterocycles. The van der Waals surface area contributed by atoms with Crippen LogP contribution in [0.1, 0.15) is 45.1 Å². The van der Waals surface area contributed by atoms with Crippen molar-refractivity contribution in [2.75, 3.05) is 7.05 Å². The number of unbranched alkanes of at least 4 members (excludes halogenated alkanes) is 2. The molecule has 0 amide bonds. The standard InChI is InChI=1S/C17H25NO3S2/c1-4-5-6-7-15-8-10-17(11-9-15)23(20,21)18(3)14(2)12-16(19)13-22/h8-11,13-14H,4-7,12H2,1-3H3/t14-/m1/s1. The number of aryl methyl sites for hydroxylation is 1. The number of hydrogen-bond acceptors (Lipinski definition) is 4. The number of benzene rings is 1. The highest BCUT2D eigenvalue weighted by Gasteiger charge is 2.26. The van der Waals surface area contributed by atoms with Crippen LogP contribution in [0, 0.1) is 0 Å². The van der Waals surface area contributed by atoms with Gasteiger partial charge < -0.3 is 0 Å². The maximum Gasteiger partial charge on any atom is 0.243 e. The van der Waals surface area contributed by atoms with Crippen molar-refractivity contribution in [3.8, 4) is 0 Å². The van der Waals surface area contributed by atoms with E-state index in [1.54, 1.807) is 19.1 Å². The van der Waals surface area contributed by atoms with Crippen molar-refractivity contribution in [2.24, 2.45) is 0 Å². The van der Waals surface area contributed by atoms with E-state index in [9.17, 15) is 13.2 Å². The molecule has 6 heteroatoms. The van der Waals surface area contributed by atoms with E-state index in [2.05, 4.69) is 19.1 Å². The molecular weight excluding hydrogens is 330 g/mol. The summed E-state index contributed by atoms with van der Waals surface area (Å²) in [5, 5.41) is 1.06. The van der Waals surface area contributed by atoms with Crippen molar-refractivity contribution in [1.82, 2.24) is 4.31 Å². The second kappa shape index (κ2) is 9.25. The Labute approximate surface area is 144 Å². The molecule has 0 aliphatic carbocycles. The Kier molecular flexibility index (Phi) is 8.02. The average molecular weight is 356 g/mol. The van der Waals surface area contributed by atoms with Crippen molar-refractivity contribution in [2.45, 2.75) is 56.9 Å². The van der Waals surface area contributed by atoms with Gasteiger partial charge >= 0.3 is 0 Å². The van der Waals surface area contributed by atoms with Gasteiger partial charge in [-0.3, -0.25) is 4.79 Å². The minimum Gasteiger partial charge on any atom is -0.294 e. The van der Waals surface area contributed by atoms with E-state index in [1.807, 2.05) is 12.1 Å². The van der Waals surface area contributed by atoms with Crippen molar-refractivity contribution in [1.29, 1.82) is 0 Å². The summed E-state index contributed by atoms with van der Waals surface area (Å²) < 4.78 is 26.4. The second-order valence-electron chi connectivity index (χ2n) is 5.76. The maximum atomic E-state index is 12.6. The zero-order chi connectivity index (χ0) is 17.5. The number of nitrogens with zero attached hydrogens (tertiary/aromatic N) is 1. The molecule has 0 bridgehead atoms. The number of Topliss-reactive ketones (excluding diaryl/α,β-unsaturated/α-hetero) is 1. The van der Waals surface area contributed by atoms with Crippen LogP contribution in [0.3, 0.4) is 0 Å². The first-order chi connectivity index (χ1) is 10.8. The number of hydrogen-bond donors (Lipinski definition) is 0. The zero-order valence-corrected chi connectivity index (χ0v) is 15.6. The topological polar surface area (TPSA) is 54.5 Å². The van der Waals surface area contributed by atoms with Crippen molar-refractivity contribution < 1.29 is 13.2 Å². The van der Waals surface area contributed by atoms with Crippen LogP contribution in [0.25, 0.3) is 0 Å². The van der Waals surface area contributed by atoms with Gasteiger partial charge in [0.15, 0.2) is 5.78 Å². The fourth-order valence-corrected chi connectivity index (χ4v) is 3.74. The predicted molar refractivity (Wildman–Crippen MR) is 97.4 cm³/mol. The van der Waals surface area contributed by atoms with Crippen molar-refractivity contribution >= 4 is 33.4 Å². The van der Waals surface area contributed by atoms with Gasteiger partial charge in [-0.05, 0) is 37.5 Å². The third kappa shape index (κ3) is 5.79. The third-order valence-corrected chi connectivity index (χ3v) is 6.17. The van der Waals surface area contributed by atoms with E-state index < -0.39 is 16.1 Å². The molecule has 0 saturated carbocycles. The molecule has 1 aromatic rings. The number of sulfonamides is 1. The van der Waals surface area contributed by atoms with E-state index in [0.29, 0.717) is 0 Å². The quantitative estimate of drug-likeness (QED) is 0.477. The van der Waals surface area contributed by atoms with E-state index in [-0.39, 0.29) is 17.1 Å². The highest BCUT2D eigenvalue weighted by atomic mass is 32.2. The molecule has 0 radical (unpaired) electrons. The van der Waals surface area contributed by atoms with E-state index >= 15 is 0 Å². The Morgan fingerprint density at radius 3 is 2.39 bits per heavy atom. The smallest absolute Gasteiger partial charge is 0.243 e. The van der Waals surface area contributed by atoms with Crippen LogP contribution < -0.4 is 0 Å². The molecule has 1 rings (SSSR count). The normalized spacial score (nSPS) is 13.0. The summed E-state index contributed by atoms with van der Waals surface area (Å²) in [5.41, 5.74) is 1.14. The summed E-state index contributed by atoms with van der Waals surface area (Å²) in [7, 11) is -2.11. The maximum absolute atomic E-state index is 12.6. The largest absolute Gasteiger partial charge is 0.294 e. The Morgan fingerprint density at radius 1 is 1.26 bits per heavy atom. The molecule has 128 valence electrons. The number of carbonyl (C=O) groups is 1. The van der Waals surface area contributed by atoms with Gasteiger partial charge in [-0.25, -0.2) is 8.42 Å². The van der Waals surface area contributed by atoms with Gasteiger partial charge in [0.25, 0.3) is 0 Å². The number of carbonyl (C=O) groups excluding carboxylic acids is 1. The Balaban J connectivity index is 2.82. The lowest BCUT2D eigenvalue weighted by molar-refractivity contribution is -0.113. The molecule has 1 aromatic carbocycles. The summed E-state index contributed by atoms with van der Waals surface area (Å²) >= 11 is 4.58. The van der Waals surface area contributed by atoms with Gasteiger partial charge in [0.1, 0.15) is 0 Å². The van der Waals surface area contributed by atoms with E-state index in [1.165, 1.54) is 17.8 Å². The number of ketones is 1. The molecule has 0 spiro atoms. The zero-order valence-electron chi connectivity index (χ0n) is 14.0. The molecule has 0 fully saturated rings. The van der Waals surface area contributed by atoms with E-state index in [4.69, 9.17) is 0 Å². The van der Waals surface area contributed by atoms with Crippen LogP contribution in [0.5, 0.6) is 0 Å². The molecule has 0 N–H and O–H groups in total. The van der Waals surface area contributed by atoms with Crippen molar-refractivity contribution in [3.63, 3.8) is 0 Å². The van der Waals surface area contributed by atoms with Crippen LogP contribution in [0.2, 0.25) is 0 Å². The highest BCUT2D eigenvalue weighted by Crippen LogP contribution is 2.19. The first-order valence-corrected chi connectivity index (χ1v) is 9.79. The summed E-state index contributed by atoms with van der Waals surface area (Å²) in [4.78, 5) is 11.6. The Morgan fingerprint density at radius 2 is 1.87 bits per heavy atom. The van der Waals surface area contributed by atoms with Crippen LogP contribution in [0.4, 0.5) is 0 Å². The molecule has 0 unspecified atom stereocenters. The lowest BCUT2D eigenvalue weighted by Crippen LogP contribution is -2.36. The lowest BCUT2D eigenvalue weighted by Gasteiger charge is -2.23. The molecule has 0 aliphatic rings. The number of thiocarbonyl (C=S) groups is 1. The van der Waals surface area contributed by atoms with Crippen molar-refractivity contribution in [3.05, 3.63) is 29.8 Å². The molecule has 23 heavy (non-hydrogen) atoms. The van der Waals surface area contributed by atoms with Crippen LogP contribution in [-0.4, -0.2) is 37.0 Å². The fraction of sp³-hybridized carbons (Fsp3) is 0.529. The number of rotatable bonds is 10. The summed E-state index contributed by atoms with van der Waals surface area (Å²) in [5.74, 6) is -0.235. The third-order valence-electron chi connectivity index (χ3n) is 3.92. The second-order valence-corrected chi connectivity index (χ2v) is 7.99. The van der Waals surface area contributed by atoms with Gasteiger partial charge in [0, 0.05) is 24.9 Å². The predicted octanol–water partition coefficient (Wildman–Crippen LogP) is 3.39. The summed E-state index contributed by atoms with van der Waals surface area (Å²) in [6.07, 6.45) is 4.50. The Bertz CT molecular complexity index is 624. The van der Waals surface area contributed by atoms with Crippen LogP contribution >= 0.6 is 12.2 Å². The molecule has 1 atom stereocenters. The van der Waals surface area contributed by atoms with Crippen LogP contribution in [0.15, 0.2) is 29.2 Å². The minimum atomic E-state index is -3.60. The summed E-state index contributed by atoms with van der Waals surface area (Å²) in [6, 6.07) is 6.57. The Hall–Kier alpha value is -1.11. The average Bonchev–Trinajstić information content (AvgIpc) is 2.54. The fourth-order valence-electron chi connectivity index (χ4n) is 2.28. The van der Waals surface area contributed by atoms with Gasteiger partial charge in [-0.15, -0.1) is 0 Å². The van der Waals surface area contributed by atoms with Gasteiger partial charge in [-0.2, -0.15) is 4.31 Å². The molecule has 0 aromatic heterocycles. The van der Waals surface area contributed by atoms with Gasteiger partial charge in [0.05, 0.1) is 4.90 Å². The van der Waals surface area contributed by atoms with E-state index in [0.717, 1.165) is 30.2 Å². The molecule has 4 nitrogen and oxygen atoms in total. The molecule has 0 saturated heterocycles. The first kappa shape index (κ1) is 19.9. The van der Waals surface area contributed by atoms with Crippen LogP contribution in [-0.2, 0) is 21.2 Å². The monoisotopic (exact) mass is 355 g/mol. The van der Waals surface area contributed by atoms with Gasteiger partial charge in [-0.1, -0.05) is 44.1 Å². The van der Waals surface area contributed by atoms with Gasteiger partial charge in [0.2, 0.25) is 10.0 Å². The molecular formula is C17H25NO3S2. The highest BCUT2D eigenvalue weighted by molar-refractivity contribution is 7.89. The first-order valence-electron chi connectivity index (χ1n) is 7.88. The summed E-state index contributed by atoms with van der Waals surface area (Å²) in [6.45, 7) is 3.86. The lowest BCUT2D eigenvalue weighted by atomic mass is 10.1. The SMILES string of the molecule is CCCCCc1ccc(S(=O)(=O)N(C)[C@H](C)CC(=O)C=S)cc1. The minimum absolute atomic E-state index is 0.0916. The molecule has 0 aliphatic heterocycles.